The van der Waals surface area contributed by atoms with E-state index in [0.29, 0.717) is 10.2 Å². The Balaban J connectivity index is 2.23. The first-order valence-corrected chi connectivity index (χ1v) is 6.45. The van der Waals surface area contributed by atoms with Crippen LogP contribution in [0.4, 0.5) is 4.39 Å². The number of benzene rings is 1. The van der Waals surface area contributed by atoms with Crippen LogP contribution < -0.4 is 5.73 Å². The highest BCUT2D eigenvalue weighted by atomic mass is 79.9. The van der Waals surface area contributed by atoms with Gasteiger partial charge in [0.25, 0.3) is 0 Å². The van der Waals surface area contributed by atoms with Crippen molar-refractivity contribution >= 4 is 33.3 Å². The molecular weight excluding hydrogens is 339 g/mol. The molecule has 19 heavy (non-hydrogen) atoms. The molecule has 0 aliphatic carbocycles. The van der Waals surface area contributed by atoms with Crippen molar-refractivity contribution in [2.75, 3.05) is 0 Å². The van der Waals surface area contributed by atoms with Crippen molar-refractivity contribution in [2.24, 2.45) is 5.73 Å². The largest absolute Gasteiger partial charge is 0.325 e. The number of Topliss-reactive ketones (excluding diaryl/α,β-unsaturated/α-hetero) is 1. The van der Waals surface area contributed by atoms with E-state index < -0.39 is 11.6 Å². The molecule has 100 valence electrons. The van der Waals surface area contributed by atoms with Gasteiger partial charge in [0.15, 0.2) is 11.6 Å². The fourth-order valence-corrected chi connectivity index (χ4v) is 1.95. The van der Waals surface area contributed by atoms with Gasteiger partial charge in [0.2, 0.25) is 0 Å². The molecule has 1 aromatic carbocycles. The van der Waals surface area contributed by atoms with E-state index in [2.05, 4.69) is 26.2 Å². The molecule has 0 fully saturated rings. The fourth-order valence-electron chi connectivity index (χ4n) is 1.48. The lowest BCUT2D eigenvalue weighted by molar-refractivity contribution is 0.0963. The Kier molecular flexibility index (Phi) is 4.28. The minimum Gasteiger partial charge on any atom is -0.325 e. The number of aromatic nitrogens is 3. The van der Waals surface area contributed by atoms with Crippen LogP contribution in [0, 0.1) is 5.82 Å². The Labute approximate surface area is 121 Å². The van der Waals surface area contributed by atoms with Crippen molar-refractivity contribution in [3.05, 3.63) is 44.9 Å². The first kappa shape index (κ1) is 14.1. The zero-order valence-electron chi connectivity index (χ0n) is 9.61. The Hall–Kier alpha value is -1.31. The SMILES string of the molecule is NCc1cn(CC(=O)c2ccc(Br)c(Cl)c2F)nn1. The Morgan fingerprint density at radius 1 is 1.53 bits per heavy atom. The monoisotopic (exact) mass is 346 g/mol. The molecule has 0 aliphatic rings. The van der Waals surface area contributed by atoms with Crippen molar-refractivity contribution in [2.45, 2.75) is 13.1 Å². The van der Waals surface area contributed by atoms with Crippen LogP contribution in [-0.2, 0) is 13.1 Å². The Bertz CT molecular complexity index is 631. The first-order valence-electron chi connectivity index (χ1n) is 5.28. The topological polar surface area (TPSA) is 73.8 Å². The smallest absolute Gasteiger partial charge is 0.187 e. The van der Waals surface area contributed by atoms with E-state index in [1.165, 1.54) is 23.0 Å². The molecule has 0 bridgehead atoms. The summed E-state index contributed by atoms with van der Waals surface area (Å²) in [5.41, 5.74) is 5.85. The standard InChI is InChI=1S/C11H9BrClFN4O/c12-8-2-1-7(11(14)10(8)13)9(19)5-18-4-6(3-15)16-17-18/h1-2,4H,3,5,15H2. The van der Waals surface area contributed by atoms with Gasteiger partial charge in [-0.3, -0.25) is 4.79 Å². The maximum absolute atomic E-state index is 13.8. The van der Waals surface area contributed by atoms with Gasteiger partial charge in [-0.25, -0.2) is 9.07 Å². The van der Waals surface area contributed by atoms with Crippen LogP contribution in [0.2, 0.25) is 5.02 Å². The van der Waals surface area contributed by atoms with Gasteiger partial charge >= 0.3 is 0 Å². The second-order valence-corrected chi connectivity index (χ2v) is 4.99. The highest BCUT2D eigenvalue weighted by Gasteiger charge is 2.17. The number of carbonyl (C=O) groups is 1. The van der Waals surface area contributed by atoms with Gasteiger partial charge in [0.1, 0.15) is 6.54 Å². The number of halogens is 3. The normalized spacial score (nSPS) is 10.7. The van der Waals surface area contributed by atoms with Crippen molar-refractivity contribution in [3.8, 4) is 0 Å². The molecule has 2 N–H and O–H groups in total. The highest BCUT2D eigenvalue weighted by Crippen LogP contribution is 2.27. The molecule has 0 unspecified atom stereocenters. The van der Waals surface area contributed by atoms with Crippen LogP contribution in [0.15, 0.2) is 22.8 Å². The minimum absolute atomic E-state index is 0.0852. The van der Waals surface area contributed by atoms with Gasteiger partial charge in [-0.2, -0.15) is 0 Å². The molecule has 0 aliphatic heterocycles. The van der Waals surface area contributed by atoms with Crippen molar-refractivity contribution < 1.29 is 9.18 Å². The predicted molar refractivity (Wildman–Crippen MR) is 71.4 cm³/mol. The summed E-state index contributed by atoms with van der Waals surface area (Å²) in [5.74, 6) is -1.19. The number of nitrogens with zero attached hydrogens (tertiary/aromatic N) is 3. The number of hydrogen-bond acceptors (Lipinski definition) is 4. The Morgan fingerprint density at radius 3 is 2.89 bits per heavy atom. The number of rotatable bonds is 4. The minimum atomic E-state index is -0.750. The summed E-state index contributed by atoms with van der Waals surface area (Å²) < 4.78 is 15.5. The van der Waals surface area contributed by atoms with Gasteiger partial charge in [0, 0.05) is 11.0 Å². The van der Waals surface area contributed by atoms with Crippen molar-refractivity contribution in [3.63, 3.8) is 0 Å². The summed E-state index contributed by atoms with van der Waals surface area (Å²) in [6.07, 6.45) is 1.54. The summed E-state index contributed by atoms with van der Waals surface area (Å²) in [6.45, 7) is 0.106. The third-order valence-electron chi connectivity index (χ3n) is 2.44. The maximum Gasteiger partial charge on any atom is 0.187 e. The molecule has 5 nitrogen and oxygen atoms in total. The second-order valence-electron chi connectivity index (χ2n) is 3.76. The highest BCUT2D eigenvalue weighted by molar-refractivity contribution is 9.10. The molecule has 0 saturated carbocycles. The molecule has 0 spiro atoms. The molecule has 0 amide bonds. The second kappa shape index (κ2) is 5.77. The van der Waals surface area contributed by atoms with Crippen LogP contribution in [0.1, 0.15) is 16.1 Å². The molecule has 0 atom stereocenters. The zero-order valence-corrected chi connectivity index (χ0v) is 11.9. The third kappa shape index (κ3) is 2.99. The predicted octanol–water partition coefficient (Wildman–Crippen LogP) is 2.17. The summed E-state index contributed by atoms with van der Waals surface area (Å²) >= 11 is 8.82. The van der Waals surface area contributed by atoms with Gasteiger partial charge in [-0.1, -0.05) is 16.8 Å². The number of nitrogens with two attached hydrogens (primary N) is 1. The molecule has 2 rings (SSSR count). The van der Waals surface area contributed by atoms with Crippen LogP contribution in [-0.4, -0.2) is 20.8 Å². The molecule has 8 heteroatoms. The van der Waals surface area contributed by atoms with Crippen molar-refractivity contribution in [1.29, 1.82) is 0 Å². The van der Waals surface area contributed by atoms with E-state index >= 15 is 0 Å². The lowest BCUT2D eigenvalue weighted by Gasteiger charge is -2.05. The maximum atomic E-state index is 13.8. The van der Waals surface area contributed by atoms with Gasteiger partial charge < -0.3 is 5.73 Å². The lowest BCUT2D eigenvalue weighted by atomic mass is 10.1. The molecular formula is C11H9BrClFN4O. The summed E-state index contributed by atoms with van der Waals surface area (Å²) in [6, 6.07) is 2.89. The average molecular weight is 348 g/mol. The average Bonchev–Trinajstić information content (AvgIpc) is 2.83. The van der Waals surface area contributed by atoms with Crippen LogP contribution in [0.25, 0.3) is 0 Å². The molecule has 1 heterocycles. The van der Waals surface area contributed by atoms with Crippen LogP contribution in [0.5, 0.6) is 0 Å². The number of ketones is 1. The fraction of sp³-hybridized carbons (Fsp3) is 0.182. The molecule has 1 aromatic heterocycles. The Morgan fingerprint density at radius 2 is 2.26 bits per heavy atom. The van der Waals surface area contributed by atoms with Crippen LogP contribution in [0.3, 0.4) is 0 Å². The zero-order chi connectivity index (χ0) is 14.0. The summed E-state index contributed by atoms with van der Waals surface area (Å²) in [5, 5.41) is 7.35. The van der Waals surface area contributed by atoms with Gasteiger partial charge in [-0.05, 0) is 28.1 Å². The quantitative estimate of drug-likeness (QED) is 0.679. The van der Waals surface area contributed by atoms with Gasteiger partial charge in [0.05, 0.1) is 22.5 Å². The number of hydrogen-bond donors (Lipinski definition) is 1. The van der Waals surface area contributed by atoms with E-state index in [1.807, 2.05) is 0 Å². The van der Waals surface area contributed by atoms with E-state index in [0.717, 1.165) is 0 Å². The van der Waals surface area contributed by atoms with Crippen molar-refractivity contribution in [1.82, 2.24) is 15.0 Å². The lowest BCUT2D eigenvalue weighted by Crippen LogP contribution is -2.13. The van der Waals surface area contributed by atoms with Crippen LogP contribution >= 0.6 is 27.5 Å². The van der Waals surface area contributed by atoms with E-state index in [9.17, 15) is 9.18 Å². The summed E-state index contributed by atoms with van der Waals surface area (Å²) in [7, 11) is 0. The first-order chi connectivity index (χ1) is 9.02. The summed E-state index contributed by atoms with van der Waals surface area (Å²) in [4.78, 5) is 12.0. The molecule has 0 radical (unpaired) electrons. The van der Waals surface area contributed by atoms with E-state index in [-0.39, 0.29) is 23.7 Å². The molecule has 2 aromatic rings. The van der Waals surface area contributed by atoms with E-state index in [1.54, 1.807) is 0 Å². The van der Waals surface area contributed by atoms with E-state index in [4.69, 9.17) is 17.3 Å². The van der Waals surface area contributed by atoms with Gasteiger partial charge in [-0.15, -0.1) is 5.10 Å². The number of carbonyl (C=O) groups excluding carboxylic acids is 1. The molecule has 0 saturated heterocycles. The third-order valence-corrected chi connectivity index (χ3v) is 3.70.